The zero-order valence-corrected chi connectivity index (χ0v) is 14.1. The van der Waals surface area contributed by atoms with E-state index in [9.17, 15) is 0 Å². The third-order valence-corrected chi connectivity index (χ3v) is 4.37. The topological polar surface area (TPSA) is 36.4 Å². The molecule has 1 fully saturated rings. The van der Waals surface area contributed by atoms with Gasteiger partial charge in [-0.3, -0.25) is 5.43 Å². The molecule has 2 N–H and O–H groups in total. The number of hydrogen-bond acceptors (Lipinski definition) is 2. The second-order valence-electron chi connectivity index (χ2n) is 5.76. The summed E-state index contributed by atoms with van der Waals surface area (Å²) in [6, 6.07) is 8.81. The van der Waals surface area contributed by atoms with Crippen molar-refractivity contribution in [1.29, 1.82) is 0 Å². The number of hydrogen-bond donors (Lipinski definition) is 2. The summed E-state index contributed by atoms with van der Waals surface area (Å²) in [6.07, 6.45) is 8.55. The molecule has 1 saturated carbocycles. The first kappa shape index (κ1) is 16.7. The van der Waals surface area contributed by atoms with Crippen molar-refractivity contribution in [2.45, 2.75) is 44.9 Å². The molecule has 0 aliphatic heterocycles. The van der Waals surface area contributed by atoms with E-state index >= 15 is 0 Å². The van der Waals surface area contributed by atoms with Gasteiger partial charge in [-0.05, 0) is 49.0 Å². The van der Waals surface area contributed by atoms with Crippen LogP contribution >= 0.6 is 12.2 Å². The third-order valence-electron chi connectivity index (χ3n) is 4.14. The van der Waals surface area contributed by atoms with Gasteiger partial charge in [-0.15, -0.1) is 6.58 Å². The minimum Gasteiger partial charge on any atom is -0.358 e. The van der Waals surface area contributed by atoms with Crippen LogP contribution in [-0.2, 0) is 0 Å². The van der Waals surface area contributed by atoms with Crippen molar-refractivity contribution in [2.24, 2.45) is 5.10 Å². The fourth-order valence-electron chi connectivity index (χ4n) is 2.84. The molecule has 0 spiro atoms. The van der Waals surface area contributed by atoms with E-state index in [1.165, 1.54) is 37.7 Å². The highest BCUT2D eigenvalue weighted by Crippen LogP contribution is 2.32. The van der Waals surface area contributed by atoms with Crippen LogP contribution in [-0.4, -0.2) is 17.4 Å². The van der Waals surface area contributed by atoms with Gasteiger partial charge >= 0.3 is 0 Å². The van der Waals surface area contributed by atoms with Gasteiger partial charge in [0.05, 0.1) is 5.71 Å². The van der Waals surface area contributed by atoms with Crippen LogP contribution in [0.2, 0.25) is 0 Å². The van der Waals surface area contributed by atoms with Gasteiger partial charge in [-0.25, -0.2) is 0 Å². The first-order valence-corrected chi connectivity index (χ1v) is 8.41. The standard InChI is InChI=1S/C18H25N3S/c1-3-13-19-18(22)21-20-14(2)15-9-11-17(12-10-15)16-7-5-4-6-8-16/h3,9-12,16H,1,4-8,13H2,2H3,(H2,19,21,22)/b20-14+. The Hall–Kier alpha value is -1.68. The van der Waals surface area contributed by atoms with E-state index in [2.05, 4.69) is 46.7 Å². The lowest BCUT2D eigenvalue weighted by atomic mass is 9.84. The molecule has 1 aromatic carbocycles. The van der Waals surface area contributed by atoms with E-state index in [4.69, 9.17) is 12.2 Å². The molecule has 4 heteroatoms. The number of nitrogens with zero attached hydrogens (tertiary/aromatic N) is 1. The maximum atomic E-state index is 5.12. The second kappa shape index (κ2) is 8.69. The summed E-state index contributed by atoms with van der Waals surface area (Å²) in [4.78, 5) is 0. The third kappa shape index (κ3) is 4.95. The van der Waals surface area contributed by atoms with E-state index in [-0.39, 0.29) is 0 Å². The Kier molecular flexibility index (Phi) is 6.59. The number of rotatable bonds is 5. The molecule has 0 amide bonds. The average Bonchev–Trinajstić information content (AvgIpc) is 2.58. The summed E-state index contributed by atoms with van der Waals surface area (Å²) in [6.45, 7) is 6.26. The molecule has 3 nitrogen and oxygen atoms in total. The first-order chi connectivity index (χ1) is 10.7. The largest absolute Gasteiger partial charge is 0.358 e. The molecule has 0 aromatic heterocycles. The molecule has 0 unspecified atom stereocenters. The molecule has 1 aliphatic carbocycles. The van der Waals surface area contributed by atoms with E-state index in [1.807, 2.05) is 6.92 Å². The zero-order valence-electron chi connectivity index (χ0n) is 13.3. The Morgan fingerprint density at radius 2 is 1.95 bits per heavy atom. The van der Waals surface area contributed by atoms with Crippen molar-refractivity contribution in [3.8, 4) is 0 Å². The van der Waals surface area contributed by atoms with Crippen LogP contribution in [0.15, 0.2) is 42.0 Å². The fraction of sp³-hybridized carbons (Fsp3) is 0.444. The first-order valence-electron chi connectivity index (χ1n) is 8.00. The Bertz CT molecular complexity index is 528. The fourth-order valence-corrected chi connectivity index (χ4v) is 2.96. The van der Waals surface area contributed by atoms with Crippen LogP contribution in [0.1, 0.15) is 56.1 Å². The van der Waals surface area contributed by atoms with Gasteiger partial charge in [0, 0.05) is 6.54 Å². The van der Waals surface area contributed by atoms with Gasteiger partial charge in [0.25, 0.3) is 0 Å². The van der Waals surface area contributed by atoms with Crippen LogP contribution in [0.3, 0.4) is 0 Å². The monoisotopic (exact) mass is 315 g/mol. The number of nitrogens with one attached hydrogen (secondary N) is 2. The van der Waals surface area contributed by atoms with Crippen LogP contribution in [0, 0.1) is 0 Å². The van der Waals surface area contributed by atoms with Crippen molar-refractivity contribution >= 4 is 23.0 Å². The van der Waals surface area contributed by atoms with Crippen molar-refractivity contribution in [3.05, 3.63) is 48.0 Å². The molecule has 2 rings (SSSR count). The maximum Gasteiger partial charge on any atom is 0.187 e. The smallest absolute Gasteiger partial charge is 0.187 e. The number of hydrazone groups is 1. The molecule has 0 heterocycles. The molecule has 1 aliphatic rings. The lowest BCUT2D eigenvalue weighted by Gasteiger charge is -2.22. The summed E-state index contributed by atoms with van der Waals surface area (Å²) in [5.41, 5.74) is 6.37. The number of benzene rings is 1. The Morgan fingerprint density at radius 3 is 2.59 bits per heavy atom. The molecular weight excluding hydrogens is 290 g/mol. The summed E-state index contributed by atoms with van der Waals surface area (Å²) in [5, 5.41) is 7.82. The summed E-state index contributed by atoms with van der Waals surface area (Å²) < 4.78 is 0. The van der Waals surface area contributed by atoms with Gasteiger partial charge in [0.15, 0.2) is 5.11 Å². The van der Waals surface area contributed by atoms with E-state index in [0.29, 0.717) is 11.7 Å². The van der Waals surface area contributed by atoms with Crippen LogP contribution < -0.4 is 10.7 Å². The Morgan fingerprint density at radius 1 is 1.27 bits per heavy atom. The molecule has 1 aromatic rings. The van der Waals surface area contributed by atoms with Crippen molar-refractivity contribution < 1.29 is 0 Å². The normalized spacial score (nSPS) is 16.1. The van der Waals surface area contributed by atoms with E-state index in [0.717, 1.165) is 17.2 Å². The predicted molar refractivity (Wildman–Crippen MR) is 98.4 cm³/mol. The predicted octanol–water partition coefficient (Wildman–Crippen LogP) is 4.11. The lowest BCUT2D eigenvalue weighted by Crippen LogP contribution is -2.32. The highest BCUT2D eigenvalue weighted by molar-refractivity contribution is 7.80. The summed E-state index contributed by atoms with van der Waals surface area (Å²) in [7, 11) is 0. The van der Waals surface area contributed by atoms with Crippen LogP contribution in [0.5, 0.6) is 0 Å². The highest BCUT2D eigenvalue weighted by Gasteiger charge is 2.15. The average molecular weight is 315 g/mol. The zero-order chi connectivity index (χ0) is 15.8. The summed E-state index contributed by atoms with van der Waals surface area (Å²) in [5.74, 6) is 0.744. The Balaban J connectivity index is 1.93. The molecule has 0 radical (unpaired) electrons. The quantitative estimate of drug-likeness (QED) is 0.371. The SMILES string of the molecule is C=CCNC(=S)N/N=C(\C)c1ccc(C2CCCCC2)cc1. The van der Waals surface area contributed by atoms with Gasteiger partial charge in [-0.1, -0.05) is 49.6 Å². The minimum absolute atomic E-state index is 0.512. The molecule has 0 saturated heterocycles. The van der Waals surface area contributed by atoms with Gasteiger partial charge in [-0.2, -0.15) is 5.10 Å². The van der Waals surface area contributed by atoms with Crippen molar-refractivity contribution in [3.63, 3.8) is 0 Å². The van der Waals surface area contributed by atoms with Gasteiger partial charge in [0.2, 0.25) is 0 Å². The summed E-state index contributed by atoms with van der Waals surface area (Å²) >= 11 is 5.12. The molecule has 22 heavy (non-hydrogen) atoms. The van der Waals surface area contributed by atoms with Gasteiger partial charge in [0.1, 0.15) is 0 Å². The van der Waals surface area contributed by atoms with Crippen molar-refractivity contribution in [1.82, 2.24) is 10.7 Å². The van der Waals surface area contributed by atoms with Crippen LogP contribution in [0.4, 0.5) is 0 Å². The minimum atomic E-state index is 0.512. The van der Waals surface area contributed by atoms with Gasteiger partial charge < -0.3 is 5.32 Å². The molecule has 0 bridgehead atoms. The van der Waals surface area contributed by atoms with Crippen molar-refractivity contribution in [2.75, 3.05) is 6.54 Å². The van der Waals surface area contributed by atoms with Crippen LogP contribution in [0.25, 0.3) is 0 Å². The van der Waals surface area contributed by atoms with E-state index < -0.39 is 0 Å². The molecule has 0 atom stereocenters. The second-order valence-corrected chi connectivity index (χ2v) is 6.17. The highest BCUT2D eigenvalue weighted by atomic mass is 32.1. The molecule has 118 valence electrons. The number of thiocarbonyl (C=S) groups is 1. The molecular formula is C18H25N3S. The Labute approximate surface area is 138 Å². The lowest BCUT2D eigenvalue weighted by molar-refractivity contribution is 0.443. The van der Waals surface area contributed by atoms with E-state index in [1.54, 1.807) is 6.08 Å². The maximum absolute atomic E-state index is 5.12.